The van der Waals surface area contributed by atoms with E-state index >= 15 is 0 Å². The number of nitrogens with zero attached hydrogens (tertiary/aromatic N) is 1. The molecule has 0 spiro atoms. The van der Waals surface area contributed by atoms with Gasteiger partial charge in [0.15, 0.2) is 0 Å². The topological polar surface area (TPSA) is 15.3 Å². The van der Waals surface area contributed by atoms with Crippen LogP contribution in [-0.4, -0.2) is 37.6 Å². The lowest BCUT2D eigenvalue weighted by molar-refractivity contribution is 0.325. The van der Waals surface area contributed by atoms with E-state index < -0.39 is 0 Å². The minimum absolute atomic E-state index is 0.776. The largest absolute Gasteiger partial charge is 0.313 e. The van der Waals surface area contributed by atoms with E-state index in [1.807, 2.05) is 0 Å². The summed E-state index contributed by atoms with van der Waals surface area (Å²) in [4.78, 5) is 2.43. The second kappa shape index (κ2) is 5.86. The summed E-state index contributed by atoms with van der Waals surface area (Å²) in [6.07, 6.45) is 10.2. The molecule has 2 aliphatic rings. The van der Waals surface area contributed by atoms with Crippen LogP contribution in [0.15, 0.2) is 0 Å². The summed E-state index contributed by atoms with van der Waals surface area (Å²) in [5, 5.41) is 3.72. The number of likely N-dealkylation sites (N-methyl/N-ethyl adjacent to an activating group) is 1. The monoisotopic (exact) mass is 210 g/mol. The highest BCUT2D eigenvalue weighted by atomic mass is 15.2. The van der Waals surface area contributed by atoms with Gasteiger partial charge in [-0.1, -0.05) is 32.1 Å². The molecule has 0 amide bonds. The first kappa shape index (κ1) is 11.4. The first-order chi connectivity index (χ1) is 7.34. The Bertz CT molecular complexity index is 171. The lowest BCUT2D eigenvalue weighted by Crippen LogP contribution is -2.33. The van der Waals surface area contributed by atoms with Gasteiger partial charge in [-0.25, -0.2) is 0 Å². The van der Waals surface area contributed by atoms with Crippen molar-refractivity contribution >= 4 is 0 Å². The Hall–Kier alpha value is -0.0800. The third-order valence-corrected chi connectivity index (χ3v) is 4.10. The summed E-state index contributed by atoms with van der Waals surface area (Å²) in [7, 11) is 2.23. The van der Waals surface area contributed by atoms with Crippen LogP contribution in [0.4, 0.5) is 0 Å². The highest BCUT2D eigenvalue weighted by Gasteiger charge is 2.19. The van der Waals surface area contributed by atoms with Crippen LogP contribution in [0, 0.1) is 5.92 Å². The Morgan fingerprint density at radius 3 is 2.60 bits per heavy atom. The Labute approximate surface area is 94.4 Å². The van der Waals surface area contributed by atoms with Gasteiger partial charge >= 0.3 is 0 Å². The van der Waals surface area contributed by atoms with E-state index in [2.05, 4.69) is 17.3 Å². The Morgan fingerprint density at radius 1 is 1.13 bits per heavy atom. The van der Waals surface area contributed by atoms with Crippen LogP contribution >= 0.6 is 0 Å². The highest BCUT2D eigenvalue weighted by molar-refractivity contribution is 4.79. The molecule has 0 aromatic carbocycles. The van der Waals surface area contributed by atoms with Crippen LogP contribution < -0.4 is 5.32 Å². The number of hydrogen-bond acceptors (Lipinski definition) is 2. The molecule has 1 aliphatic heterocycles. The predicted molar refractivity (Wildman–Crippen MR) is 65.1 cm³/mol. The van der Waals surface area contributed by atoms with Crippen molar-refractivity contribution in [2.24, 2.45) is 5.92 Å². The van der Waals surface area contributed by atoms with Crippen LogP contribution in [0.2, 0.25) is 0 Å². The Balaban J connectivity index is 1.54. The molecule has 1 unspecified atom stereocenters. The van der Waals surface area contributed by atoms with Crippen LogP contribution in [-0.2, 0) is 0 Å². The quantitative estimate of drug-likeness (QED) is 0.765. The van der Waals surface area contributed by atoms with Gasteiger partial charge in [-0.15, -0.1) is 0 Å². The van der Waals surface area contributed by atoms with Crippen molar-refractivity contribution in [2.75, 3.05) is 26.7 Å². The number of hydrogen-bond donors (Lipinski definition) is 1. The van der Waals surface area contributed by atoms with Crippen molar-refractivity contribution in [3.63, 3.8) is 0 Å². The maximum Gasteiger partial charge on any atom is 0.0207 e. The molecule has 1 saturated heterocycles. The van der Waals surface area contributed by atoms with E-state index in [0.717, 1.165) is 12.0 Å². The molecule has 2 fully saturated rings. The first-order valence-electron chi connectivity index (χ1n) is 6.76. The molecule has 2 rings (SSSR count). The van der Waals surface area contributed by atoms with Crippen LogP contribution in [0.1, 0.15) is 44.9 Å². The van der Waals surface area contributed by atoms with Crippen molar-refractivity contribution in [3.05, 3.63) is 0 Å². The fourth-order valence-electron chi connectivity index (χ4n) is 3.07. The van der Waals surface area contributed by atoms with E-state index in [0.29, 0.717) is 0 Å². The summed E-state index contributed by atoms with van der Waals surface area (Å²) in [6, 6.07) is 0.776. The van der Waals surface area contributed by atoms with E-state index in [1.165, 1.54) is 64.6 Å². The van der Waals surface area contributed by atoms with Crippen molar-refractivity contribution in [1.82, 2.24) is 10.2 Å². The first-order valence-corrected chi connectivity index (χ1v) is 6.76. The molecule has 0 aromatic rings. The van der Waals surface area contributed by atoms with E-state index in [4.69, 9.17) is 0 Å². The average Bonchev–Trinajstić information content (AvgIpc) is 2.66. The molecule has 88 valence electrons. The van der Waals surface area contributed by atoms with Gasteiger partial charge in [0.1, 0.15) is 0 Å². The zero-order chi connectivity index (χ0) is 10.5. The standard InChI is InChI=1S/C13H26N2/c1-15-10-8-13(11-15)14-9-7-12-5-3-2-4-6-12/h12-14H,2-11H2,1H3. The van der Waals surface area contributed by atoms with Gasteiger partial charge < -0.3 is 10.2 Å². The van der Waals surface area contributed by atoms with Gasteiger partial charge in [-0.2, -0.15) is 0 Å². The van der Waals surface area contributed by atoms with Crippen molar-refractivity contribution in [3.8, 4) is 0 Å². The highest BCUT2D eigenvalue weighted by Crippen LogP contribution is 2.25. The smallest absolute Gasteiger partial charge is 0.0207 e. The number of likely N-dealkylation sites (tertiary alicyclic amines) is 1. The van der Waals surface area contributed by atoms with Gasteiger partial charge in [-0.05, 0) is 38.9 Å². The molecule has 15 heavy (non-hydrogen) atoms. The van der Waals surface area contributed by atoms with Crippen molar-refractivity contribution < 1.29 is 0 Å². The molecule has 1 saturated carbocycles. The van der Waals surface area contributed by atoms with Gasteiger partial charge in [0.05, 0.1) is 0 Å². The van der Waals surface area contributed by atoms with Crippen molar-refractivity contribution in [1.29, 1.82) is 0 Å². The van der Waals surface area contributed by atoms with Crippen LogP contribution in [0.25, 0.3) is 0 Å². The molecular formula is C13H26N2. The number of nitrogens with one attached hydrogen (secondary N) is 1. The second-order valence-electron chi connectivity index (χ2n) is 5.49. The fraction of sp³-hybridized carbons (Fsp3) is 1.00. The molecule has 1 heterocycles. The number of rotatable bonds is 4. The van der Waals surface area contributed by atoms with E-state index in [9.17, 15) is 0 Å². The maximum absolute atomic E-state index is 3.72. The molecule has 0 radical (unpaired) electrons. The van der Waals surface area contributed by atoms with Gasteiger partial charge in [0, 0.05) is 12.6 Å². The third-order valence-electron chi connectivity index (χ3n) is 4.10. The summed E-state index contributed by atoms with van der Waals surface area (Å²) in [6.45, 7) is 3.79. The summed E-state index contributed by atoms with van der Waals surface area (Å²) < 4.78 is 0. The average molecular weight is 210 g/mol. The lowest BCUT2D eigenvalue weighted by Gasteiger charge is -2.22. The predicted octanol–water partition coefficient (Wildman–Crippen LogP) is 2.25. The summed E-state index contributed by atoms with van der Waals surface area (Å²) in [5.74, 6) is 1.03. The molecule has 2 heteroatoms. The Morgan fingerprint density at radius 2 is 1.93 bits per heavy atom. The minimum atomic E-state index is 0.776. The molecular weight excluding hydrogens is 184 g/mol. The SMILES string of the molecule is CN1CCC(NCCC2CCCCC2)C1. The normalized spacial score (nSPS) is 29.8. The Kier molecular flexibility index (Phi) is 4.45. The van der Waals surface area contributed by atoms with Gasteiger partial charge in [0.25, 0.3) is 0 Å². The molecule has 2 nitrogen and oxygen atoms in total. The lowest BCUT2D eigenvalue weighted by atomic mass is 9.87. The summed E-state index contributed by atoms with van der Waals surface area (Å²) in [5.41, 5.74) is 0. The maximum atomic E-state index is 3.72. The van der Waals surface area contributed by atoms with Gasteiger partial charge in [0.2, 0.25) is 0 Å². The van der Waals surface area contributed by atoms with Crippen LogP contribution in [0.5, 0.6) is 0 Å². The summed E-state index contributed by atoms with van der Waals surface area (Å²) >= 11 is 0. The van der Waals surface area contributed by atoms with Gasteiger partial charge in [-0.3, -0.25) is 0 Å². The van der Waals surface area contributed by atoms with E-state index in [1.54, 1.807) is 0 Å². The molecule has 0 aromatic heterocycles. The minimum Gasteiger partial charge on any atom is -0.313 e. The fourth-order valence-corrected chi connectivity index (χ4v) is 3.07. The molecule has 0 bridgehead atoms. The van der Waals surface area contributed by atoms with E-state index in [-0.39, 0.29) is 0 Å². The molecule has 1 aliphatic carbocycles. The third kappa shape index (κ3) is 3.76. The molecule has 1 atom stereocenters. The molecule has 1 N–H and O–H groups in total. The zero-order valence-corrected chi connectivity index (χ0v) is 10.2. The second-order valence-corrected chi connectivity index (χ2v) is 5.49. The van der Waals surface area contributed by atoms with Crippen LogP contribution in [0.3, 0.4) is 0 Å². The zero-order valence-electron chi connectivity index (χ0n) is 10.2. The van der Waals surface area contributed by atoms with Crippen molar-refractivity contribution in [2.45, 2.75) is 51.0 Å².